The fourth-order valence-corrected chi connectivity index (χ4v) is 5.55. The van der Waals surface area contributed by atoms with E-state index in [-0.39, 0.29) is 5.82 Å². The van der Waals surface area contributed by atoms with Crippen LogP contribution in [0.3, 0.4) is 0 Å². The predicted molar refractivity (Wildman–Crippen MR) is 148 cm³/mol. The van der Waals surface area contributed by atoms with Crippen LogP contribution in [0.1, 0.15) is 100 Å². The number of unbranched alkanes of at least 4 members (excludes halogenated alkanes) is 2. The van der Waals surface area contributed by atoms with Gasteiger partial charge in [-0.3, -0.25) is 0 Å². The van der Waals surface area contributed by atoms with E-state index in [2.05, 4.69) is 50.0 Å². The van der Waals surface area contributed by atoms with E-state index in [1.807, 2.05) is 30.3 Å². The van der Waals surface area contributed by atoms with Crippen LogP contribution in [-0.2, 0) is 12.8 Å². The summed E-state index contributed by atoms with van der Waals surface area (Å²) in [6.45, 7) is 4.44. The maximum Gasteiger partial charge on any atom is 0.134 e. The standard InChI is InChI=1S/C34H41F/c1-3-5-7-26-9-11-27(12-10-26)13-14-28-15-17-29(18-16-28)19-20-30-21-24-33-32(25-30)23-22-31(34(33)35)8-6-4-2/h15-18,21-27H,3-14H2,1-2H3. The first-order chi connectivity index (χ1) is 17.2. The first kappa shape index (κ1) is 25.5. The van der Waals surface area contributed by atoms with Gasteiger partial charge in [0.2, 0.25) is 0 Å². The maximum absolute atomic E-state index is 14.8. The van der Waals surface area contributed by atoms with Gasteiger partial charge in [0.1, 0.15) is 5.82 Å². The van der Waals surface area contributed by atoms with Gasteiger partial charge in [0.15, 0.2) is 0 Å². The van der Waals surface area contributed by atoms with Crippen molar-refractivity contribution in [1.29, 1.82) is 0 Å². The van der Waals surface area contributed by atoms with Gasteiger partial charge in [0.25, 0.3) is 0 Å². The molecule has 0 saturated heterocycles. The molecule has 184 valence electrons. The van der Waals surface area contributed by atoms with Crippen LogP contribution < -0.4 is 0 Å². The van der Waals surface area contributed by atoms with Crippen LogP contribution >= 0.6 is 0 Å². The number of halogens is 1. The third kappa shape index (κ3) is 7.20. The summed E-state index contributed by atoms with van der Waals surface area (Å²) >= 11 is 0. The highest BCUT2D eigenvalue weighted by Gasteiger charge is 2.20. The van der Waals surface area contributed by atoms with Crippen molar-refractivity contribution in [2.45, 2.75) is 90.9 Å². The molecule has 0 aliphatic heterocycles. The summed E-state index contributed by atoms with van der Waals surface area (Å²) in [4.78, 5) is 0. The Morgan fingerprint density at radius 3 is 2.09 bits per heavy atom. The molecule has 0 bridgehead atoms. The number of aryl methyl sites for hydroxylation is 2. The van der Waals surface area contributed by atoms with Crippen LogP contribution in [0.4, 0.5) is 4.39 Å². The molecule has 0 N–H and O–H groups in total. The molecule has 1 heteroatoms. The molecular weight excluding hydrogens is 427 g/mol. The van der Waals surface area contributed by atoms with Crippen LogP contribution in [0.5, 0.6) is 0 Å². The Balaban J connectivity index is 1.31. The smallest absolute Gasteiger partial charge is 0.134 e. The fraction of sp³-hybridized carbons (Fsp3) is 0.471. The summed E-state index contributed by atoms with van der Waals surface area (Å²) < 4.78 is 14.8. The van der Waals surface area contributed by atoms with Crippen molar-refractivity contribution in [3.05, 3.63) is 82.7 Å². The summed E-state index contributed by atoms with van der Waals surface area (Å²) in [6.07, 6.45) is 15.3. The Morgan fingerprint density at radius 1 is 0.714 bits per heavy atom. The molecule has 1 aliphatic rings. The molecule has 0 heterocycles. The highest BCUT2D eigenvalue weighted by Crippen LogP contribution is 2.34. The van der Waals surface area contributed by atoms with E-state index in [1.165, 1.54) is 63.4 Å². The van der Waals surface area contributed by atoms with Gasteiger partial charge in [-0.2, -0.15) is 0 Å². The number of benzene rings is 3. The maximum atomic E-state index is 14.8. The molecule has 35 heavy (non-hydrogen) atoms. The molecule has 3 aromatic rings. The molecule has 0 radical (unpaired) electrons. The van der Waals surface area contributed by atoms with E-state index in [0.717, 1.165) is 53.2 Å². The zero-order valence-corrected chi connectivity index (χ0v) is 21.7. The normalized spacial score (nSPS) is 17.8. The molecule has 0 amide bonds. The Morgan fingerprint density at radius 2 is 1.37 bits per heavy atom. The Bertz CT molecular complexity index is 1140. The van der Waals surface area contributed by atoms with Crippen LogP contribution in [0.15, 0.2) is 54.6 Å². The number of hydrogen-bond donors (Lipinski definition) is 0. The monoisotopic (exact) mass is 468 g/mol. The van der Waals surface area contributed by atoms with Crippen molar-refractivity contribution in [3.63, 3.8) is 0 Å². The zero-order valence-electron chi connectivity index (χ0n) is 21.7. The van der Waals surface area contributed by atoms with E-state index in [4.69, 9.17) is 0 Å². The van der Waals surface area contributed by atoms with Crippen molar-refractivity contribution in [1.82, 2.24) is 0 Å². The van der Waals surface area contributed by atoms with E-state index < -0.39 is 0 Å². The SMILES string of the molecule is CCCCc1ccc2cc(C#Cc3ccc(CCC4CCC(CCCC)CC4)cc3)ccc2c1F. The fourth-order valence-electron chi connectivity index (χ4n) is 5.55. The lowest BCUT2D eigenvalue weighted by atomic mass is 9.78. The second-order valence-corrected chi connectivity index (χ2v) is 10.6. The summed E-state index contributed by atoms with van der Waals surface area (Å²) in [7, 11) is 0. The van der Waals surface area contributed by atoms with Gasteiger partial charge in [-0.05, 0) is 78.3 Å². The number of hydrogen-bond acceptors (Lipinski definition) is 0. The van der Waals surface area contributed by atoms with Crippen LogP contribution in [-0.4, -0.2) is 0 Å². The minimum absolute atomic E-state index is 0.0735. The van der Waals surface area contributed by atoms with Crippen molar-refractivity contribution in [3.8, 4) is 11.8 Å². The molecule has 3 aromatic carbocycles. The Labute approximate surface area is 212 Å². The summed E-state index contributed by atoms with van der Waals surface area (Å²) in [5, 5.41) is 1.62. The van der Waals surface area contributed by atoms with Crippen molar-refractivity contribution in [2.75, 3.05) is 0 Å². The highest BCUT2D eigenvalue weighted by molar-refractivity contribution is 5.85. The average molecular weight is 469 g/mol. The second-order valence-electron chi connectivity index (χ2n) is 10.6. The minimum atomic E-state index is -0.0735. The van der Waals surface area contributed by atoms with Gasteiger partial charge in [-0.25, -0.2) is 4.39 Å². The van der Waals surface area contributed by atoms with Crippen LogP contribution in [0, 0.1) is 29.5 Å². The Kier molecular flexibility index (Phi) is 9.42. The van der Waals surface area contributed by atoms with E-state index in [9.17, 15) is 4.39 Å². The lowest BCUT2D eigenvalue weighted by Crippen LogP contribution is -2.15. The lowest BCUT2D eigenvalue weighted by Gasteiger charge is -2.28. The molecule has 4 rings (SSSR count). The second kappa shape index (κ2) is 12.9. The molecule has 0 spiro atoms. The lowest BCUT2D eigenvalue weighted by molar-refractivity contribution is 0.250. The molecule has 1 aliphatic carbocycles. The zero-order chi connectivity index (χ0) is 24.5. The van der Waals surface area contributed by atoms with Gasteiger partial charge in [0, 0.05) is 16.5 Å². The quantitative estimate of drug-likeness (QED) is 0.274. The van der Waals surface area contributed by atoms with Gasteiger partial charge in [-0.15, -0.1) is 0 Å². The average Bonchev–Trinajstić information content (AvgIpc) is 2.90. The van der Waals surface area contributed by atoms with E-state index in [1.54, 1.807) is 0 Å². The van der Waals surface area contributed by atoms with Gasteiger partial charge in [0.05, 0.1) is 0 Å². The third-order valence-electron chi connectivity index (χ3n) is 7.91. The first-order valence-corrected chi connectivity index (χ1v) is 14.0. The molecule has 1 saturated carbocycles. The molecule has 0 atom stereocenters. The van der Waals surface area contributed by atoms with Crippen LogP contribution in [0.2, 0.25) is 0 Å². The summed E-state index contributed by atoms with van der Waals surface area (Å²) in [5.41, 5.74) is 4.20. The highest BCUT2D eigenvalue weighted by atomic mass is 19.1. The van der Waals surface area contributed by atoms with Gasteiger partial charge >= 0.3 is 0 Å². The molecule has 0 aromatic heterocycles. The van der Waals surface area contributed by atoms with Gasteiger partial charge in [-0.1, -0.05) is 107 Å². The minimum Gasteiger partial charge on any atom is -0.206 e. The van der Waals surface area contributed by atoms with Gasteiger partial charge < -0.3 is 0 Å². The Hall–Kier alpha value is -2.59. The molecular formula is C34H41F. The van der Waals surface area contributed by atoms with Crippen LogP contribution in [0.25, 0.3) is 10.8 Å². The summed E-state index contributed by atoms with van der Waals surface area (Å²) in [6, 6.07) is 18.5. The predicted octanol–water partition coefficient (Wildman–Crippen LogP) is 9.65. The number of fused-ring (bicyclic) bond motifs is 1. The van der Waals surface area contributed by atoms with E-state index in [0.29, 0.717) is 5.39 Å². The summed E-state index contributed by atoms with van der Waals surface area (Å²) in [5.74, 6) is 8.39. The largest absolute Gasteiger partial charge is 0.206 e. The molecule has 0 nitrogen and oxygen atoms in total. The van der Waals surface area contributed by atoms with Crippen molar-refractivity contribution in [2.24, 2.45) is 11.8 Å². The third-order valence-corrected chi connectivity index (χ3v) is 7.91. The van der Waals surface area contributed by atoms with Crippen molar-refractivity contribution < 1.29 is 4.39 Å². The molecule has 0 unspecified atom stereocenters. The van der Waals surface area contributed by atoms with E-state index >= 15 is 0 Å². The molecule has 1 fully saturated rings. The first-order valence-electron chi connectivity index (χ1n) is 14.0. The topological polar surface area (TPSA) is 0 Å². The number of rotatable bonds is 9. The van der Waals surface area contributed by atoms with Crippen molar-refractivity contribution >= 4 is 10.8 Å².